The SMILES string of the molecule is COc1cc(-c2cc(N)ccn2)sn1. The molecule has 0 aromatic carbocycles. The van der Waals surface area contributed by atoms with Crippen LogP contribution >= 0.6 is 11.5 Å². The number of hydrogen-bond acceptors (Lipinski definition) is 5. The van der Waals surface area contributed by atoms with Crippen molar-refractivity contribution in [3.8, 4) is 16.5 Å². The Hall–Kier alpha value is -1.62. The molecule has 0 fully saturated rings. The fourth-order valence-electron chi connectivity index (χ4n) is 1.06. The summed E-state index contributed by atoms with van der Waals surface area (Å²) >= 11 is 1.34. The summed E-state index contributed by atoms with van der Waals surface area (Å²) in [5.74, 6) is 0.606. The van der Waals surface area contributed by atoms with Gasteiger partial charge in [0.1, 0.15) is 0 Å². The topological polar surface area (TPSA) is 61.0 Å². The molecule has 0 aliphatic heterocycles. The zero-order valence-electron chi connectivity index (χ0n) is 7.60. The van der Waals surface area contributed by atoms with E-state index in [4.69, 9.17) is 10.5 Å². The van der Waals surface area contributed by atoms with E-state index < -0.39 is 0 Å². The van der Waals surface area contributed by atoms with Crippen LogP contribution in [0.15, 0.2) is 24.4 Å². The van der Waals surface area contributed by atoms with Gasteiger partial charge in [-0.15, -0.1) is 0 Å². The van der Waals surface area contributed by atoms with Gasteiger partial charge < -0.3 is 10.5 Å². The van der Waals surface area contributed by atoms with Crippen molar-refractivity contribution in [2.75, 3.05) is 12.8 Å². The third-order valence-corrected chi connectivity index (χ3v) is 2.53. The summed E-state index contributed by atoms with van der Waals surface area (Å²) in [6, 6.07) is 5.40. The largest absolute Gasteiger partial charge is 0.480 e. The zero-order chi connectivity index (χ0) is 9.97. The van der Waals surface area contributed by atoms with Crippen molar-refractivity contribution in [3.63, 3.8) is 0 Å². The summed E-state index contributed by atoms with van der Waals surface area (Å²) in [6.07, 6.45) is 1.68. The van der Waals surface area contributed by atoms with E-state index in [9.17, 15) is 0 Å². The van der Waals surface area contributed by atoms with Gasteiger partial charge in [0.15, 0.2) is 0 Å². The zero-order valence-corrected chi connectivity index (χ0v) is 8.41. The van der Waals surface area contributed by atoms with Crippen molar-refractivity contribution < 1.29 is 4.74 Å². The molecule has 0 aliphatic rings. The minimum Gasteiger partial charge on any atom is -0.480 e. The van der Waals surface area contributed by atoms with Gasteiger partial charge in [0.05, 0.1) is 17.7 Å². The van der Waals surface area contributed by atoms with Crippen LogP contribution in [0.5, 0.6) is 5.88 Å². The lowest BCUT2D eigenvalue weighted by atomic mass is 10.3. The molecule has 0 saturated heterocycles. The van der Waals surface area contributed by atoms with E-state index in [2.05, 4.69) is 9.36 Å². The van der Waals surface area contributed by atoms with Crippen LogP contribution in [-0.2, 0) is 0 Å². The summed E-state index contributed by atoms with van der Waals surface area (Å²) < 4.78 is 9.07. The molecule has 0 radical (unpaired) electrons. The van der Waals surface area contributed by atoms with Crippen LogP contribution in [0.2, 0.25) is 0 Å². The maximum absolute atomic E-state index is 5.65. The van der Waals surface area contributed by atoms with Crippen LogP contribution in [-0.4, -0.2) is 16.5 Å². The van der Waals surface area contributed by atoms with Crippen molar-refractivity contribution in [2.24, 2.45) is 0 Å². The Morgan fingerprint density at radius 2 is 2.29 bits per heavy atom. The van der Waals surface area contributed by atoms with Crippen molar-refractivity contribution >= 4 is 17.2 Å². The lowest BCUT2D eigenvalue weighted by molar-refractivity contribution is 0.403. The maximum atomic E-state index is 5.65. The molecular formula is C9H9N3OS. The molecule has 0 spiro atoms. The van der Waals surface area contributed by atoms with Gasteiger partial charge in [-0.2, -0.15) is 4.37 Å². The Morgan fingerprint density at radius 3 is 2.93 bits per heavy atom. The number of nitrogens with two attached hydrogens (primary N) is 1. The second-order valence-corrected chi connectivity index (χ2v) is 3.51. The standard InChI is InChI=1S/C9H9N3OS/c1-13-9-5-8(14-12-9)7-4-6(10)2-3-11-7/h2-5H,1H3,(H2,10,11). The quantitative estimate of drug-likeness (QED) is 0.815. The summed E-state index contributed by atoms with van der Waals surface area (Å²) in [4.78, 5) is 5.15. The normalized spacial score (nSPS) is 10.1. The highest BCUT2D eigenvalue weighted by Gasteiger charge is 2.05. The monoisotopic (exact) mass is 207 g/mol. The van der Waals surface area contributed by atoms with Gasteiger partial charge in [0.2, 0.25) is 5.88 Å². The summed E-state index contributed by atoms with van der Waals surface area (Å²) in [7, 11) is 1.59. The number of nitrogens with zero attached hydrogens (tertiary/aromatic N) is 2. The molecule has 2 aromatic rings. The number of rotatable bonds is 2. The van der Waals surface area contributed by atoms with Crippen molar-refractivity contribution in [3.05, 3.63) is 24.4 Å². The Bertz CT molecular complexity index is 441. The Balaban J connectivity index is 2.39. The number of nitrogen functional groups attached to an aromatic ring is 1. The molecule has 0 bridgehead atoms. The van der Waals surface area contributed by atoms with Gasteiger partial charge in [0.25, 0.3) is 0 Å². The first-order chi connectivity index (χ1) is 6.79. The predicted octanol–water partition coefficient (Wildman–Crippen LogP) is 1.80. The minimum absolute atomic E-state index is 0.606. The number of methoxy groups -OCH3 is 1. The van der Waals surface area contributed by atoms with Gasteiger partial charge in [-0.1, -0.05) is 0 Å². The van der Waals surface area contributed by atoms with Crippen molar-refractivity contribution in [2.45, 2.75) is 0 Å². The first-order valence-corrected chi connectivity index (χ1v) is 4.79. The van der Waals surface area contributed by atoms with Crippen LogP contribution in [0.4, 0.5) is 5.69 Å². The lowest BCUT2D eigenvalue weighted by Gasteiger charge is -1.96. The van der Waals surface area contributed by atoms with Gasteiger partial charge in [-0.05, 0) is 23.7 Å². The third-order valence-electron chi connectivity index (χ3n) is 1.73. The van der Waals surface area contributed by atoms with E-state index >= 15 is 0 Å². The molecular weight excluding hydrogens is 198 g/mol. The molecule has 0 unspecified atom stereocenters. The molecule has 4 nitrogen and oxygen atoms in total. The van der Waals surface area contributed by atoms with Crippen LogP contribution in [0.25, 0.3) is 10.6 Å². The predicted molar refractivity (Wildman–Crippen MR) is 56.3 cm³/mol. The highest BCUT2D eigenvalue weighted by Crippen LogP contribution is 2.26. The van der Waals surface area contributed by atoms with E-state index in [1.165, 1.54) is 11.5 Å². The first kappa shape index (κ1) is 8.96. The fourth-order valence-corrected chi connectivity index (χ4v) is 1.73. The summed E-state index contributed by atoms with van der Waals surface area (Å²) in [6.45, 7) is 0. The fraction of sp³-hybridized carbons (Fsp3) is 0.111. The van der Waals surface area contributed by atoms with E-state index in [1.54, 1.807) is 19.4 Å². The summed E-state index contributed by atoms with van der Waals surface area (Å²) in [5.41, 5.74) is 7.17. The first-order valence-electron chi connectivity index (χ1n) is 4.02. The van der Waals surface area contributed by atoms with Gasteiger partial charge in [-0.3, -0.25) is 4.98 Å². The molecule has 14 heavy (non-hydrogen) atoms. The molecule has 0 atom stereocenters. The second kappa shape index (κ2) is 3.63. The number of aromatic nitrogens is 2. The Labute approximate surface area is 85.5 Å². The van der Waals surface area contributed by atoms with Gasteiger partial charge in [-0.25, -0.2) is 0 Å². The van der Waals surface area contributed by atoms with E-state index in [-0.39, 0.29) is 0 Å². The molecule has 72 valence electrons. The second-order valence-electron chi connectivity index (χ2n) is 2.71. The van der Waals surface area contributed by atoms with Crippen LogP contribution in [0, 0.1) is 0 Å². The molecule has 0 aliphatic carbocycles. The molecule has 5 heteroatoms. The number of hydrogen-bond donors (Lipinski definition) is 1. The minimum atomic E-state index is 0.606. The van der Waals surface area contributed by atoms with Crippen molar-refractivity contribution in [1.82, 2.24) is 9.36 Å². The van der Waals surface area contributed by atoms with Crippen LogP contribution < -0.4 is 10.5 Å². The Kier molecular flexibility index (Phi) is 2.32. The van der Waals surface area contributed by atoms with E-state index in [0.29, 0.717) is 11.6 Å². The van der Waals surface area contributed by atoms with E-state index in [1.807, 2.05) is 12.1 Å². The lowest BCUT2D eigenvalue weighted by Crippen LogP contribution is -1.86. The summed E-state index contributed by atoms with van der Waals surface area (Å²) in [5, 5.41) is 0. The van der Waals surface area contributed by atoms with Crippen molar-refractivity contribution in [1.29, 1.82) is 0 Å². The highest BCUT2D eigenvalue weighted by molar-refractivity contribution is 7.09. The molecule has 2 heterocycles. The number of pyridine rings is 1. The molecule has 2 N–H and O–H groups in total. The number of anilines is 1. The molecule has 2 aromatic heterocycles. The average Bonchev–Trinajstić information content (AvgIpc) is 2.66. The molecule has 0 saturated carbocycles. The third kappa shape index (κ3) is 1.67. The maximum Gasteiger partial charge on any atom is 0.225 e. The average molecular weight is 207 g/mol. The van der Waals surface area contributed by atoms with Gasteiger partial charge in [0, 0.05) is 18.0 Å². The Morgan fingerprint density at radius 1 is 1.43 bits per heavy atom. The smallest absolute Gasteiger partial charge is 0.225 e. The van der Waals surface area contributed by atoms with Gasteiger partial charge >= 0.3 is 0 Å². The molecule has 2 rings (SSSR count). The number of ether oxygens (including phenoxy) is 1. The van der Waals surface area contributed by atoms with Crippen LogP contribution in [0.1, 0.15) is 0 Å². The van der Waals surface area contributed by atoms with Crippen LogP contribution in [0.3, 0.4) is 0 Å². The molecule has 0 amide bonds. The van der Waals surface area contributed by atoms with E-state index in [0.717, 1.165) is 10.6 Å². The highest BCUT2D eigenvalue weighted by atomic mass is 32.1.